The SMILES string of the molecule is CCOc1ccc(C#Cc2ccc(C)nn2)cc1. The van der Waals surface area contributed by atoms with E-state index in [0.29, 0.717) is 12.3 Å². The number of hydrogen-bond acceptors (Lipinski definition) is 3. The molecular formula is C15H14N2O. The van der Waals surface area contributed by atoms with Gasteiger partial charge < -0.3 is 4.74 Å². The van der Waals surface area contributed by atoms with E-state index in [1.165, 1.54) is 0 Å². The first-order chi connectivity index (χ1) is 8.78. The topological polar surface area (TPSA) is 35.0 Å². The van der Waals surface area contributed by atoms with Gasteiger partial charge in [0, 0.05) is 5.56 Å². The molecule has 1 aromatic heterocycles. The van der Waals surface area contributed by atoms with Gasteiger partial charge in [0.25, 0.3) is 0 Å². The fourth-order valence-electron chi connectivity index (χ4n) is 1.40. The lowest BCUT2D eigenvalue weighted by molar-refractivity contribution is 0.340. The Hall–Kier alpha value is -2.34. The molecule has 0 saturated carbocycles. The molecule has 0 radical (unpaired) electrons. The van der Waals surface area contributed by atoms with E-state index in [1.807, 2.05) is 50.2 Å². The zero-order valence-corrected chi connectivity index (χ0v) is 10.5. The van der Waals surface area contributed by atoms with E-state index in [1.54, 1.807) is 0 Å². The van der Waals surface area contributed by atoms with Crippen molar-refractivity contribution in [3.05, 3.63) is 53.3 Å². The van der Waals surface area contributed by atoms with Crippen LogP contribution in [0.2, 0.25) is 0 Å². The highest BCUT2D eigenvalue weighted by Gasteiger charge is 1.92. The van der Waals surface area contributed by atoms with Crippen molar-refractivity contribution in [2.24, 2.45) is 0 Å². The quantitative estimate of drug-likeness (QED) is 0.754. The van der Waals surface area contributed by atoms with Gasteiger partial charge in [-0.05, 0) is 56.2 Å². The first kappa shape index (κ1) is 12.1. The molecule has 0 bridgehead atoms. The summed E-state index contributed by atoms with van der Waals surface area (Å²) < 4.78 is 5.37. The van der Waals surface area contributed by atoms with E-state index in [0.717, 1.165) is 17.0 Å². The number of aryl methyl sites for hydroxylation is 1. The van der Waals surface area contributed by atoms with Crippen LogP contribution in [0.25, 0.3) is 0 Å². The molecule has 1 aromatic carbocycles. The normalized spacial score (nSPS) is 9.44. The molecule has 0 amide bonds. The van der Waals surface area contributed by atoms with Crippen molar-refractivity contribution in [2.75, 3.05) is 6.61 Å². The number of nitrogens with zero attached hydrogens (tertiary/aromatic N) is 2. The summed E-state index contributed by atoms with van der Waals surface area (Å²) in [6.07, 6.45) is 0. The van der Waals surface area contributed by atoms with Crippen LogP contribution in [0.1, 0.15) is 23.9 Å². The third kappa shape index (κ3) is 3.33. The molecular weight excluding hydrogens is 224 g/mol. The van der Waals surface area contributed by atoms with Gasteiger partial charge in [-0.3, -0.25) is 0 Å². The number of benzene rings is 1. The second kappa shape index (κ2) is 5.83. The monoisotopic (exact) mass is 238 g/mol. The third-order valence-electron chi connectivity index (χ3n) is 2.30. The fraction of sp³-hybridized carbons (Fsp3) is 0.200. The van der Waals surface area contributed by atoms with Crippen LogP contribution in [0.5, 0.6) is 5.75 Å². The molecule has 18 heavy (non-hydrogen) atoms. The van der Waals surface area contributed by atoms with Gasteiger partial charge in [-0.25, -0.2) is 0 Å². The second-order valence-electron chi connectivity index (χ2n) is 3.77. The first-order valence-corrected chi connectivity index (χ1v) is 5.83. The molecule has 1 heterocycles. The summed E-state index contributed by atoms with van der Waals surface area (Å²) in [7, 11) is 0. The van der Waals surface area contributed by atoms with Crippen LogP contribution < -0.4 is 4.74 Å². The van der Waals surface area contributed by atoms with Gasteiger partial charge in [-0.2, -0.15) is 5.10 Å². The van der Waals surface area contributed by atoms with E-state index in [-0.39, 0.29) is 0 Å². The van der Waals surface area contributed by atoms with Gasteiger partial charge in [0.1, 0.15) is 11.4 Å². The van der Waals surface area contributed by atoms with Crippen molar-refractivity contribution in [1.29, 1.82) is 0 Å². The minimum atomic E-state index is 0.671. The Morgan fingerprint density at radius 3 is 2.39 bits per heavy atom. The summed E-state index contributed by atoms with van der Waals surface area (Å²) in [4.78, 5) is 0. The van der Waals surface area contributed by atoms with Crippen molar-refractivity contribution in [3.8, 4) is 17.6 Å². The predicted octanol–water partition coefficient (Wildman–Crippen LogP) is 2.58. The average molecular weight is 238 g/mol. The van der Waals surface area contributed by atoms with E-state index in [4.69, 9.17) is 4.74 Å². The minimum absolute atomic E-state index is 0.671. The molecule has 3 nitrogen and oxygen atoms in total. The van der Waals surface area contributed by atoms with E-state index >= 15 is 0 Å². The summed E-state index contributed by atoms with van der Waals surface area (Å²) in [5.74, 6) is 6.88. The highest BCUT2D eigenvalue weighted by atomic mass is 16.5. The summed E-state index contributed by atoms with van der Waals surface area (Å²) in [5.41, 5.74) is 2.50. The van der Waals surface area contributed by atoms with Gasteiger partial charge in [0.2, 0.25) is 0 Å². The molecule has 0 aliphatic heterocycles. The maximum Gasteiger partial charge on any atom is 0.136 e. The number of hydrogen-bond donors (Lipinski definition) is 0. The molecule has 0 N–H and O–H groups in total. The number of rotatable bonds is 2. The lowest BCUT2D eigenvalue weighted by Crippen LogP contribution is -1.91. The van der Waals surface area contributed by atoms with Crippen molar-refractivity contribution < 1.29 is 4.74 Å². The Kier molecular flexibility index (Phi) is 3.93. The summed E-state index contributed by atoms with van der Waals surface area (Å²) in [5, 5.41) is 7.95. The van der Waals surface area contributed by atoms with Gasteiger partial charge >= 0.3 is 0 Å². The molecule has 0 fully saturated rings. The van der Waals surface area contributed by atoms with Crippen LogP contribution in [0.15, 0.2) is 36.4 Å². The summed E-state index contributed by atoms with van der Waals surface area (Å²) >= 11 is 0. The smallest absolute Gasteiger partial charge is 0.136 e. The number of ether oxygens (including phenoxy) is 1. The number of aromatic nitrogens is 2. The van der Waals surface area contributed by atoms with Crippen LogP contribution >= 0.6 is 0 Å². The van der Waals surface area contributed by atoms with Crippen LogP contribution in [0, 0.1) is 18.8 Å². The van der Waals surface area contributed by atoms with Gasteiger partial charge in [0.05, 0.1) is 12.3 Å². The van der Waals surface area contributed by atoms with Crippen LogP contribution in [0.4, 0.5) is 0 Å². The van der Waals surface area contributed by atoms with E-state index in [9.17, 15) is 0 Å². The first-order valence-electron chi connectivity index (χ1n) is 5.83. The Labute approximate surface area is 107 Å². The van der Waals surface area contributed by atoms with Crippen LogP contribution in [-0.4, -0.2) is 16.8 Å². The highest BCUT2D eigenvalue weighted by Crippen LogP contribution is 2.11. The average Bonchev–Trinajstić information content (AvgIpc) is 2.40. The maximum atomic E-state index is 5.37. The highest BCUT2D eigenvalue weighted by molar-refractivity contribution is 5.42. The predicted molar refractivity (Wildman–Crippen MR) is 70.4 cm³/mol. The van der Waals surface area contributed by atoms with Gasteiger partial charge in [-0.1, -0.05) is 5.92 Å². The van der Waals surface area contributed by atoms with Crippen molar-refractivity contribution in [3.63, 3.8) is 0 Å². The van der Waals surface area contributed by atoms with E-state index < -0.39 is 0 Å². The largest absolute Gasteiger partial charge is 0.494 e. The summed E-state index contributed by atoms with van der Waals surface area (Å²) in [6, 6.07) is 11.4. The lowest BCUT2D eigenvalue weighted by atomic mass is 10.2. The molecule has 0 saturated heterocycles. The second-order valence-corrected chi connectivity index (χ2v) is 3.77. The molecule has 90 valence electrons. The Morgan fingerprint density at radius 2 is 1.78 bits per heavy atom. The maximum absolute atomic E-state index is 5.37. The van der Waals surface area contributed by atoms with Gasteiger partial charge in [0.15, 0.2) is 0 Å². The molecule has 2 rings (SSSR count). The molecule has 0 aliphatic rings. The summed E-state index contributed by atoms with van der Waals surface area (Å²) in [6.45, 7) is 4.53. The zero-order chi connectivity index (χ0) is 12.8. The zero-order valence-electron chi connectivity index (χ0n) is 10.5. The molecule has 0 spiro atoms. The standard InChI is InChI=1S/C15H14N2O/c1-3-18-15-10-6-13(7-11-15)5-9-14-8-4-12(2)16-17-14/h4,6-8,10-11H,3H2,1-2H3. The Morgan fingerprint density at radius 1 is 1.00 bits per heavy atom. The Balaban J connectivity index is 2.12. The van der Waals surface area contributed by atoms with Crippen molar-refractivity contribution in [2.45, 2.75) is 13.8 Å². The lowest BCUT2D eigenvalue weighted by Gasteiger charge is -2.01. The van der Waals surface area contributed by atoms with Crippen LogP contribution in [0.3, 0.4) is 0 Å². The minimum Gasteiger partial charge on any atom is -0.494 e. The molecule has 0 unspecified atom stereocenters. The third-order valence-corrected chi connectivity index (χ3v) is 2.30. The van der Waals surface area contributed by atoms with Crippen LogP contribution in [-0.2, 0) is 0 Å². The van der Waals surface area contributed by atoms with Gasteiger partial charge in [-0.15, -0.1) is 5.10 Å². The van der Waals surface area contributed by atoms with Crippen molar-refractivity contribution >= 4 is 0 Å². The van der Waals surface area contributed by atoms with E-state index in [2.05, 4.69) is 22.0 Å². The molecule has 0 aliphatic carbocycles. The van der Waals surface area contributed by atoms with Crippen molar-refractivity contribution in [1.82, 2.24) is 10.2 Å². The Bertz CT molecular complexity index is 562. The fourth-order valence-corrected chi connectivity index (χ4v) is 1.40. The molecule has 0 atom stereocenters. The molecule has 2 aromatic rings. The molecule has 3 heteroatoms.